The van der Waals surface area contributed by atoms with Gasteiger partial charge in [-0.2, -0.15) is 0 Å². The monoisotopic (exact) mass is 309 g/mol. The van der Waals surface area contributed by atoms with Crippen LogP contribution in [0.3, 0.4) is 0 Å². The van der Waals surface area contributed by atoms with Gasteiger partial charge < -0.3 is 5.73 Å². The van der Waals surface area contributed by atoms with E-state index in [1.807, 2.05) is 22.9 Å². The van der Waals surface area contributed by atoms with Crippen LogP contribution in [0.5, 0.6) is 0 Å². The van der Waals surface area contributed by atoms with Crippen LogP contribution in [0, 0.1) is 5.92 Å². The first-order chi connectivity index (χ1) is 8.58. The van der Waals surface area contributed by atoms with Crippen LogP contribution in [0.1, 0.15) is 20.3 Å². The standard InChI is InChI=1S/C12H16BrN5/c1-8(2)5-6-18-12(15-16-17-18)10-7-9(14)3-4-11(10)13/h3-4,7-8H,5-6,14H2,1-2H3. The molecular formula is C12H16BrN5. The van der Waals surface area contributed by atoms with Crippen LogP contribution in [0.4, 0.5) is 5.69 Å². The van der Waals surface area contributed by atoms with Gasteiger partial charge in [0.1, 0.15) is 0 Å². The second-order valence-corrected chi connectivity index (χ2v) is 5.50. The lowest BCUT2D eigenvalue weighted by Gasteiger charge is -2.08. The van der Waals surface area contributed by atoms with Gasteiger partial charge in [-0.1, -0.05) is 29.8 Å². The molecule has 0 aliphatic heterocycles. The number of nitrogens with two attached hydrogens (primary N) is 1. The van der Waals surface area contributed by atoms with Gasteiger partial charge in [0, 0.05) is 22.3 Å². The molecule has 0 atom stereocenters. The maximum atomic E-state index is 5.81. The number of aromatic nitrogens is 4. The van der Waals surface area contributed by atoms with Gasteiger partial charge >= 0.3 is 0 Å². The molecular weight excluding hydrogens is 294 g/mol. The number of tetrazole rings is 1. The molecule has 0 aliphatic rings. The Bertz CT molecular complexity index is 535. The largest absolute Gasteiger partial charge is 0.399 e. The molecule has 0 saturated heterocycles. The van der Waals surface area contributed by atoms with Crippen LogP contribution in [-0.2, 0) is 6.54 Å². The molecule has 5 nitrogen and oxygen atoms in total. The van der Waals surface area contributed by atoms with Crippen molar-refractivity contribution in [2.24, 2.45) is 5.92 Å². The quantitative estimate of drug-likeness (QED) is 0.882. The fourth-order valence-electron chi connectivity index (χ4n) is 1.64. The molecule has 96 valence electrons. The molecule has 1 heterocycles. The van der Waals surface area contributed by atoms with Gasteiger partial charge in [0.05, 0.1) is 0 Å². The van der Waals surface area contributed by atoms with E-state index in [-0.39, 0.29) is 0 Å². The summed E-state index contributed by atoms with van der Waals surface area (Å²) in [6.07, 6.45) is 1.04. The van der Waals surface area contributed by atoms with Crippen LogP contribution in [0.2, 0.25) is 0 Å². The molecule has 0 unspecified atom stereocenters. The third-order valence-corrected chi connectivity index (χ3v) is 3.37. The molecule has 0 amide bonds. The molecule has 1 aromatic carbocycles. The van der Waals surface area contributed by atoms with E-state index in [9.17, 15) is 0 Å². The normalized spacial score (nSPS) is 11.1. The second-order valence-electron chi connectivity index (χ2n) is 4.65. The zero-order valence-electron chi connectivity index (χ0n) is 10.5. The highest BCUT2D eigenvalue weighted by molar-refractivity contribution is 9.10. The van der Waals surface area contributed by atoms with Gasteiger partial charge in [0.2, 0.25) is 0 Å². The van der Waals surface area contributed by atoms with Gasteiger partial charge in [-0.3, -0.25) is 0 Å². The number of hydrogen-bond acceptors (Lipinski definition) is 4. The van der Waals surface area contributed by atoms with Crippen molar-refractivity contribution < 1.29 is 0 Å². The van der Waals surface area contributed by atoms with E-state index >= 15 is 0 Å². The number of aryl methyl sites for hydroxylation is 1. The molecule has 0 spiro atoms. The predicted octanol–water partition coefficient (Wildman–Crippen LogP) is 2.73. The number of benzene rings is 1. The summed E-state index contributed by atoms with van der Waals surface area (Å²) in [5, 5.41) is 11.9. The molecule has 0 bridgehead atoms. The summed E-state index contributed by atoms with van der Waals surface area (Å²) in [6, 6.07) is 5.63. The Hall–Kier alpha value is -1.43. The summed E-state index contributed by atoms with van der Waals surface area (Å²) >= 11 is 3.50. The topological polar surface area (TPSA) is 69.6 Å². The Morgan fingerprint density at radius 2 is 2.17 bits per heavy atom. The fourth-order valence-corrected chi connectivity index (χ4v) is 2.07. The summed E-state index contributed by atoms with van der Waals surface area (Å²) < 4.78 is 2.76. The van der Waals surface area contributed by atoms with Crippen molar-refractivity contribution in [1.82, 2.24) is 20.2 Å². The SMILES string of the molecule is CC(C)CCn1nnnc1-c1cc(N)ccc1Br. The van der Waals surface area contributed by atoms with Crippen LogP contribution >= 0.6 is 15.9 Å². The molecule has 0 aliphatic carbocycles. The zero-order valence-corrected chi connectivity index (χ0v) is 12.1. The Kier molecular flexibility index (Phi) is 3.96. The maximum Gasteiger partial charge on any atom is 0.183 e. The molecule has 2 N–H and O–H groups in total. The highest BCUT2D eigenvalue weighted by Gasteiger charge is 2.12. The van der Waals surface area contributed by atoms with Crippen LogP contribution in [-0.4, -0.2) is 20.2 Å². The highest BCUT2D eigenvalue weighted by atomic mass is 79.9. The van der Waals surface area contributed by atoms with E-state index in [2.05, 4.69) is 45.3 Å². The smallest absolute Gasteiger partial charge is 0.183 e. The molecule has 6 heteroatoms. The number of nitrogens with zero attached hydrogens (tertiary/aromatic N) is 4. The third-order valence-electron chi connectivity index (χ3n) is 2.68. The van der Waals surface area contributed by atoms with E-state index in [1.54, 1.807) is 0 Å². The summed E-state index contributed by atoms with van der Waals surface area (Å²) in [7, 11) is 0. The van der Waals surface area contributed by atoms with Crippen LogP contribution in [0.25, 0.3) is 11.4 Å². The number of rotatable bonds is 4. The molecule has 2 aromatic rings. The van der Waals surface area contributed by atoms with E-state index in [4.69, 9.17) is 5.73 Å². The lowest BCUT2D eigenvalue weighted by Crippen LogP contribution is -2.06. The van der Waals surface area contributed by atoms with Crippen molar-refractivity contribution in [2.45, 2.75) is 26.8 Å². The van der Waals surface area contributed by atoms with E-state index < -0.39 is 0 Å². The number of nitrogen functional groups attached to an aromatic ring is 1. The van der Waals surface area contributed by atoms with Crippen molar-refractivity contribution in [3.05, 3.63) is 22.7 Å². The van der Waals surface area contributed by atoms with Crippen molar-refractivity contribution in [1.29, 1.82) is 0 Å². The van der Waals surface area contributed by atoms with Crippen molar-refractivity contribution in [3.8, 4) is 11.4 Å². The molecule has 0 fully saturated rings. The van der Waals surface area contributed by atoms with Gasteiger partial charge in [-0.15, -0.1) is 5.10 Å². The van der Waals surface area contributed by atoms with Crippen LogP contribution in [0.15, 0.2) is 22.7 Å². The molecule has 0 saturated carbocycles. The second kappa shape index (κ2) is 5.48. The van der Waals surface area contributed by atoms with Crippen LogP contribution < -0.4 is 5.73 Å². The number of hydrogen-bond donors (Lipinski definition) is 1. The average molecular weight is 310 g/mol. The first kappa shape index (κ1) is 13.0. The molecule has 1 aromatic heterocycles. The lowest BCUT2D eigenvalue weighted by molar-refractivity contribution is 0.481. The summed E-state index contributed by atoms with van der Waals surface area (Å²) in [4.78, 5) is 0. The van der Waals surface area contributed by atoms with Gasteiger partial charge in [-0.25, -0.2) is 4.68 Å². The number of anilines is 1. The average Bonchev–Trinajstić information content (AvgIpc) is 2.77. The Morgan fingerprint density at radius 3 is 2.89 bits per heavy atom. The summed E-state index contributed by atoms with van der Waals surface area (Å²) in [5.41, 5.74) is 7.43. The highest BCUT2D eigenvalue weighted by Crippen LogP contribution is 2.28. The van der Waals surface area contributed by atoms with E-state index in [1.165, 1.54) is 0 Å². The maximum absolute atomic E-state index is 5.81. The first-order valence-corrected chi connectivity index (χ1v) is 6.69. The fraction of sp³-hybridized carbons (Fsp3) is 0.417. The molecule has 0 radical (unpaired) electrons. The molecule has 18 heavy (non-hydrogen) atoms. The van der Waals surface area contributed by atoms with Gasteiger partial charge in [0.15, 0.2) is 5.82 Å². The molecule has 2 rings (SSSR count). The van der Waals surface area contributed by atoms with Crippen molar-refractivity contribution >= 4 is 21.6 Å². The zero-order chi connectivity index (χ0) is 13.1. The lowest BCUT2D eigenvalue weighted by atomic mass is 10.1. The predicted molar refractivity (Wildman–Crippen MR) is 74.8 cm³/mol. The van der Waals surface area contributed by atoms with E-state index in [0.29, 0.717) is 11.6 Å². The van der Waals surface area contributed by atoms with Crippen molar-refractivity contribution in [2.75, 3.05) is 5.73 Å². The minimum absolute atomic E-state index is 0.617. The minimum Gasteiger partial charge on any atom is -0.399 e. The first-order valence-electron chi connectivity index (χ1n) is 5.89. The van der Waals surface area contributed by atoms with E-state index in [0.717, 1.165) is 28.8 Å². The third kappa shape index (κ3) is 2.87. The number of halogens is 1. The Balaban J connectivity index is 2.33. The summed E-state index contributed by atoms with van der Waals surface area (Å²) in [6.45, 7) is 5.17. The Morgan fingerprint density at radius 1 is 1.39 bits per heavy atom. The Labute approximate surface area is 115 Å². The van der Waals surface area contributed by atoms with Gasteiger partial charge in [-0.05, 0) is 41.0 Å². The minimum atomic E-state index is 0.617. The summed E-state index contributed by atoms with van der Waals surface area (Å²) in [5.74, 6) is 1.36. The van der Waals surface area contributed by atoms with Crippen molar-refractivity contribution in [3.63, 3.8) is 0 Å². The van der Waals surface area contributed by atoms with Gasteiger partial charge in [0.25, 0.3) is 0 Å².